The average Bonchev–Trinajstić information content (AvgIpc) is 2.92. The molecular formula is C30H34N4O4. The van der Waals surface area contributed by atoms with Crippen LogP contribution in [0.1, 0.15) is 47.7 Å². The summed E-state index contributed by atoms with van der Waals surface area (Å²) in [7, 11) is 0. The van der Waals surface area contributed by atoms with Gasteiger partial charge in [-0.3, -0.25) is 15.4 Å². The van der Waals surface area contributed by atoms with Crippen LogP contribution in [-0.4, -0.2) is 33.1 Å². The quantitative estimate of drug-likeness (QED) is 0.104. The number of hydrogen-bond donors (Lipinski definition) is 3. The second-order valence-corrected chi connectivity index (χ2v) is 9.13. The van der Waals surface area contributed by atoms with Crippen molar-refractivity contribution < 1.29 is 19.7 Å². The first-order valence-electron chi connectivity index (χ1n) is 12.5. The van der Waals surface area contributed by atoms with Crippen molar-refractivity contribution in [1.82, 2.24) is 9.97 Å². The van der Waals surface area contributed by atoms with E-state index < -0.39 is 12.1 Å². The molecule has 3 rings (SSSR count). The first-order chi connectivity index (χ1) is 18.3. The smallest absolute Gasteiger partial charge is 0.307 e. The molecule has 2 aromatic carbocycles. The number of amides is 2. The molecule has 0 aliphatic carbocycles. The van der Waals surface area contributed by atoms with E-state index in [9.17, 15) is 14.8 Å². The minimum atomic E-state index is -0.588. The summed E-state index contributed by atoms with van der Waals surface area (Å²) in [4.78, 5) is 38.1. The molecule has 0 spiro atoms. The predicted octanol–water partition coefficient (Wildman–Crippen LogP) is 6.99. The molecule has 0 radical (unpaired) electrons. The number of Topliss-reactive ketones (excluding diaryl/α,β-unsaturated/α-hetero) is 1. The van der Waals surface area contributed by atoms with Crippen LogP contribution in [0.4, 0.5) is 16.4 Å². The summed E-state index contributed by atoms with van der Waals surface area (Å²) in [5.41, 5.74) is 4.87. The van der Waals surface area contributed by atoms with Crippen LogP contribution in [-0.2, 0) is 4.89 Å². The Labute approximate surface area is 223 Å². The molecule has 2 atom stereocenters. The largest absolute Gasteiger partial charge is 0.326 e. The van der Waals surface area contributed by atoms with Crippen molar-refractivity contribution >= 4 is 23.5 Å². The van der Waals surface area contributed by atoms with Gasteiger partial charge in [0.05, 0.1) is 6.10 Å². The fourth-order valence-corrected chi connectivity index (χ4v) is 4.03. The van der Waals surface area contributed by atoms with E-state index in [2.05, 4.69) is 32.1 Å². The summed E-state index contributed by atoms with van der Waals surface area (Å²) >= 11 is 0. The number of hydrogen-bond acceptors (Lipinski definition) is 6. The van der Waals surface area contributed by atoms with Gasteiger partial charge in [0, 0.05) is 35.6 Å². The van der Waals surface area contributed by atoms with Crippen LogP contribution < -0.4 is 10.6 Å². The lowest BCUT2D eigenvalue weighted by molar-refractivity contribution is -0.278. The number of ketones is 1. The lowest BCUT2D eigenvalue weighted by Crippen LogP contribution is -2.21. The van der Waals surface area contributed by atoms with Crippen LogP contribution in [0, 0.1) is 19.8 Å². The number of nitrogens with zero attached hydrogens (tertiary/aromatic N) is 2. The Bertz CT molecular complexity index is 1270. The van der Waals surface area contributed by atoms with Crippen LogP contribution >= 0.6 is 0 Å². The van der Waals surface area contributed by atoms with Crippen LogP contribution in [0.15, 0.2) is 79.7 Å². The lowest BCUT2D eigenvalue weighted by atomic mass is 9.96. The van der Waals surface area contributed by atoms with Crippen molar-refractivity contribution in [2.24, 2.45) is 5.92 Å². The van der Waals surface area contributed by atoms with Gasteiger partial charge in [-0.15, -0.1) is 6.58 Å². The third kappa shape index (κ3) is 8.19. The lowest BCUT2D eigenvalue weighted by Gasteiger charge is -2.15. The number of aromatic nitrogens is 2. The minimum Gasteiger partial charge on any atom is -0.307 e. The third-order valence-corrected chi connectivity index (χ3v) is 6.17. The molecular weight excluding hydrogens is 480 g/mol. The Kier molecular flexibility index (Phi) is 10.5. The Morgan fingerprint density at radius 1 is 1.03 bits per heavy atom. The number of carbonyl (C=O) groups is 2. The summed E-state index contributed by atoms with van der Waals surface area (Å²) in [5, 5.41) is 14.7. The number of nitrogens with one attached hydrogen (secondary N) is 2. The van der Waals surface area contributed by atoms with E-state index in [1.807, 2.05) is 57.2 Å². The van der Waals surface area contributed by atoms with Gasteiger partial charge < -0.3 is 5.32 Å². The summed E-state index contributed by atoms with van der Waals surface area (Å²) in [5.74, 6) is 0.219. The van der Waals surface area contributed by atoms with E-state index >= 15 is 0 Å². The second kappa shape index (κ2) is 14.0. The highest BCUT2D eigenvalue weighted by molar-refractivity contribution is 5.99. The molecule has 198 valence electrons. The minimum absolute atomic E-state index is 0.0726. The van der Waals surface area contributed by atoms with E-state index in [-0.39, 0.29) is 24.1 Å². The Morgan fingerprint density at radius 2 is 1.74 bits per heavy atom. The van der Waals surface area contributed by atoms with Crippen molar-refractivity contribution in [3.8, 4) is 11.1 Å². The highest BCUT2D eigenvalue weighted by Gasteiger charge is 2.17. The molecule has 2 amide bonds. The van der Waals surface area contributed by atoms with Crippen molar-refractivity contribution in [3.05, 3.63) is 96.4 Å². The van der Waals surface area contributed by atoms with Gasteiger partial charge in [0.1, 0.15) is 0 Å². The van der Waals surface area contributed by atoms with E-state index in [4.69, 9.17) is 0 Å². The normalized spacial score (nSPS) is 12.6. The van der Waals surface area contributed by atoms with Gasteiger partial charge in [-0.25, -0.2) is 19.7 Å². The van der Waals surface area contributed by atoms with Crippen molar-refractivity contribution in [1.29, 1.82) is 0 Å². The summed E-state index contributed by atoms with van der Waals surface area (Å²) in [6.45, 7) is 9.67. The maximum atomic E-state index is 12.7. The van der Waals surface area contributed by atoms with E-state index in [1.54, 1.807) is 36.7 Å². The standard InChI is InChI=1S/C30H34N4O4/c1-5-7-22(6-2)9-14-26(38-37)17-28(35)24-12-10-23(11-13-24)25-18-31-29(32-19-25)34-30(36)33-27-15-8-20(3)16-21(27)4/h5-8,10-13,15-16,18-19,22,26,37H,2,9,14,17H2,1,3-4H3,(H2,31,32,33,34,36)/b7-5-. The predicted molar refractivity (Wildman–Crippen MR) is 150 cm³/mol. The maximum Gasteiger partial charge on any atom is 0.326 e. The van der Waals surface area contributed by atoms with Crippen LogP contribution in [0.2, 0.25) is 0 Å². The molecule has 0 fully saturated rings. The number of urea groups is 1. The fraction of sp³-hybridized carbons (Fsp3) is 0.267. The van der Waals surface area contributed by atoms with Crippen molar-refractivity contribution in [2.75, 3.05) is 10.6 Å². The zero-order valence-electron chi connectivity index (χ0n) is 22.0. The summed E-state index contributed by atoms with van der Waals surface area (Å²) in [6.07, 6.45) is 9.76. The first kappa shape index (κ1) is 28.4. The molecule has 1 heterocycles. The van der Waals surface area contributed by atoms with E-state index in [1.165, 1.54) is 0 Å². The average molecular weight is 515 g/mol. The molecule has 0 aliphatic heterocycles. The highest BCUT2D eigenvalue weighted by atomic mass is 17.1. The number of benzene rings is 2. The van der Waals surface area contributed by atoms with Crippen LogP contribution in [0.3, 0.4) is 0 Å². The van der Waals surface area contributed by atoms with Gasteiger partial charge in [0.15, 0.2) is 5.78 Å². The van der Waals surface area contributed by atoms with E-state index in [0.29, 0.717) is 17.7 Å². The number of aryl methyl sites for hydroxylation is 2. The highest BCUT2D eigenvalue weighted by Crippen LogP contribution is 2.22. The molecule has 0 saturated carbocycles. The third-order valence-electron chi connectivity index (χ3n) is 6.17. The van der Waals surface area contributed by atoms with Crippen molar-refractivity contribution in [3.63, 3.8) is 0 Å². The molecule has 0 bridgehead atoms. The van der Waals surface area contributed by atoms with Crippen LogP contribution in [0.5, 0.6) is 0 Å². The number of carbonyl (C=O) groups excluding carboxylic acids is 2. The Morgan fingerprint density at radius 3 is 2.34 bits per heavy atom. The van der Waals surface area contributed by atoms with Gasteiger partial charge in [-0.1, -0.05) is 60.2 Å². The fourth-order valence-electron chi connectivity index (χ4n) is 4.03. The number of rotatable bonds is 12. The monoisotopic (exact) mass is 514 g/mol. The van der Waals surface area contributed by atoms with Gasteiger partial charge in [0.2, 0.25) is 5.95 Å². The Hall–Kier alpha value is -4.14. The molecule has 3 aromatic rings. The van der Waals surface area contributed by atoms with Crippen LogP contribution in [0.25, 0.3) is 11.1 Å². The topological polar surface area (TPSA) is 113 Å². The molecule has 0 aliphatic rings. The molecule has 8 nitrogen and oxygen atoms in total. The molecule has 2 unspecified atom stereocenters. The second-order valence-electron chi connectivity index (χ2n) is 9.13. The van der Waals surface area contributed by atoms with Gasteiger partial charge in [-0.2, -0.15) is 0 Å². The molecule has 0 saturated heterocycles. The molecule has 38 heavy (non-hydrogen) atoms. The maximum absolute atomic E-state index is 12.7. The zero-order chi connectivity index (χ0) is 27.5. The Balaban J connectivity index is 1.56. The van der Waals surface area contributed by atoms with Gasteiger partial charge in [0.25, 0.3) is 0 Å². The first-order valence-corrected chi connectivity index (χ1v) is 12.5. The molecule has 3 N–H and O–H groups in total. The number of anilines is 2. The zero-order valence-corrected chi connectivity index (χ0v) is 22.0. The van der Waals surface area contributed by atoms with Gasteiger partial charge >= 0.3 is 6.03 Å². The SMILES string of the molecule is C=CC(/C=C\C)CCC(CC(=O)c1ccc(-c2cnc(NC(=O)Nc3ccc(C)cc3C)nc2)cc1)OO. The number of allylic oxidation sites excluding steroid dienone is 3. The van der Waals surface area contributed by atoms with Gasteiger partial charge in [-0.05, 0) is 56.7 Å². The summed E-state index contributed by atoms with van der Waals surface area (Å²) < 4.78 is 0. The van der Waals surface area contributed by atoms with E-state index in [0.717, 1.165) is 28.7 Å². The summed E-state index contributed by atoms with van der Waals surface area (Å²) in [6, 6.07) is 12.4. The molecule has 1 aromatic heterocycles. The van der Waals surface area contributed by atoms with Crippen molar-refractivity contribution in [2.45, 2.75) is 46.1 Å². The molecule has 8 heteroatoms.